The molecule has 0 saturated heterocycles. The Balaban J connectivity index is 1.56. The molecule has 4 aromatic rings. The highest BCUT2D eigenvalue weighted by molar-refractivity contribution is 7.21. The van der Waals surface area contributed by atoms with Gasteiger partial charge >= 0.3 is 6.03 Å². The summed E-state index contributed by atoms with van der Waals surface area (Å²) in [5.41, 5.74) is 3.47. The topological polar surface area (TPSA) is 58.1 Å². The van der Waals surface area contributed by atoms with E-state index in [9.17, 15) is 4.79 Å². The van der Waals surface area contributed by atoms with E-state index in [1.54, 1.807) is 29.5 Å². The van der Waals surface area contributed by atoms with E-state index >= 15 is 0 Å². The SMILES string of the molecule is CN(Cc1ccccn1)C(=O)Nc1ccccc1-c1nc2ccccc2s1. The standard InChI is InChI=1S/C21H18N4OS/c1-25(14-15-8-6-7-13-22-15)21(26)24-17-10-3-2-9-16(17)20-23-18-11-4-5-12-19(18)27-20/h2-13H,14H2,1H3,(H,24,26). The van der Waals surface area contributed by atoms with Gasteiger partial charge in [0.1, 0.15) is 5.01 Å². The summed E-state index contributed by atoms with van der Waals surface area (Å²) in [7, 11) is 1.75. The third-order valence-electron chi connectivity index (χ3n) is 4.16. The highest BCUT2D eigenvalue weighted by atomic mass is 32.1. The van der Waals surface area contributed by atoms with E-state index in [-0.39, 0.29) is 6.03 Å². The van der Waals surface area contributed by atoms with Gasteiger partial charge in [0.25, 0.3) is 0 Å². The van der Waals surface area contributed by atoms with Crippen molar-refractivity contribution in [3.63, 3.8) is 0 Å². The lowest BCUT2D eigenvalue weighted by molar-refractivity contribution is 0.220. The van der Waals surface area contributed by atoms with Crippen molar-refractivity contribution < 1.29 is 4.79 Å². The van der Waals surface area contributed by atoms with Crippen molar-refractivity contribution in [1.29, 1.82) is 0 Å². The summed E-state index contributed by atoms with van der Waals surface area (Å²) in [5, 5.41) is 3.89. The first-order valence-corrected chi connectivity index (χ1v) is 9.39. The molecule has 134 valence electrons. The van der Waals surface area contributed by atoms with Gasteiger partial charge in [-0.3, -0.25) is 4.98 Å². The van der Waals surface area contributed by atoms with Gasteiger partial charge in [-0.2, -0.15) is 0 Å². The molecule has 0 spiro atoms. The van der Waals surface area contributed by atoms with E-state index in [1.807, 2.05) is 60.7 Å². The smallest absolute Gasteiger partial charge is 0.321 e. The summed E-state index contributed by atoms with van der Waals surface area (Å²) in [6, 6.07) is 21.3. The summed E-state index contributed by atoms with van der Waals surface area (Å²) in [6.45, 7) is 0.440. The van der Waals surface area contributed by atoms with Gasteiger partial charge in [-0.25, -0.2) is 9.78 Å². The number of pyridine rings is 1. The largest absolute Gasteiger partial charge is 0.322 e. The van der Waals surface area contributed by atoms with E-state index in [1.165, 1.54) is 0 Å². The van der Waals surface area contributed by atoms with Crippen molar-refractivity contribution in [1.82, 2.24) is 14.9 Å². The normalized spacial score (nSPS) is 10.7. The van der Waals surface area contributed by atoms with Crippen molar-refractivity contribution in [3.8, 4) is 10.6 Å². The molecule has 0 unspecified atom stereocenters. The van der Waals surface area contributed by atoms with Crippen molar-refractivity contribution in [3.05, 3.63) is 78.6 Å². The maximum atomic E-state index is 12.6. The summed E-state index contributed by atoms with van der Waals surface area (Å²) in [5.74, 6) is 0. The van der Waals surface area contributed by atoms with Crippen LogP contribution in [0.4, 0.5) is 10.5 Å². The molecule has 0 aliphatic heterocycles. The van der Waals surface area contributed by atoms with Crippen LogP contribution >= 0.6 is 11.3 Å². The van der Waals surface area contributed by atoms with Crippen LogP contribution in [0.3, 0.4) is 0 Å². The fourth-order valence-electron chi connectivity index (χ4n) is 2.78. The van der Waals surface area contributed by atoms with Gasteiger partial charge in [-0.15, -0.1) is 11.3 Å². The summed E-state index contributed by atoms with van der Waals surface area (Å²) >= 11 is 1.62. The van der Waals surface area contributed by atoms with Crippen LogP contribution in [0, 0.1) is 0 Å². The van der Waals surface area contributed by atoms with Gasteiger partial charge < -0.3 is 10.2 Å². The van der Waals surface area contributed by atoms with Gasteiger partial charge in [-0.05, 0) is 36.4 Å². The number of aromatic nitrogens is 2. The second-order valence-electron chi connectivity index (χ2n) is 6.14. The first-order valence-electron chi connectivity index (χ1n) is 8.58. The van der Waals surface area contributed by atoms with Crippen LogP contribution in [0.2, 0.25) is 0 Å². The fraction of sp³-hybridized carbons (Fsp3) is 0.0952. The first-order chi connectivity index (χ1) is 13.2. The number of carbonyl (C=O) groups is 1. The Morgan fingerprint density at radius 1 is 1.04 bits per heavy atom. The molecule has 0 aliphatic carbocycles. The van der Waals surface area contributed by atoms with Crippen LogP contribution in [0.25, 0.3) is 20.8 Å². The first kappa shape index (κ1) is 17.2. The minimum absolute atomic E-state index is 0.186. The molecule has 2 aromatic heterocycles. The van der Waals surface area contributed by atoms with Crippen LogP contribution in [0.15, 0.2) is 72.9 Å². The fourth-order valence-corrected chi connectivity index (χ4v) is 3.79. The molecular formula is C21H18N4OS. The van der Waals surface area contributed by atoms with E-state index in [0.717, 1.165) is 32.2 Å². The summed E-state index contributed by atoms with van der Waals surface area (Å²) in [4.78, 5) is 23.2. The molecule has 2 aromatic carbocycles. The summed E-state index contributed by atoms with van der Waals surface area (Å²) < 4.78 is 1.13. The molecule has 4 rings (SSSR count). The number of fused-ring (bicyclic) bond motifs is 1. The molecule has 0 bridgehead atoms. The third kappa shape index (κ3) is 3.80. The Morgan fingerprint density at radius 2 is 1.81 bits per heavy atom. The Morgan fingerprint density at radius 3 is 2.63 bits per heavy atom. The van der Waals surface area contributed by atoms with E-state index in [0.29, 0.717) is 6.54 Å². The average molecular weight is 374 g/mol. The number of benzene rings is 2. The molecule has 0 fully saturated rings. The van der Waals surface area contributed by atoms with Gasteiger partial charge in [-0.1, -0.05) is 30.3 Å². The number of hydrogen-bond acceptors (Lipinski definition) is 4. The zero-order valence-electron chi connectivity index (χ0n) is 14.8. The zero-order valence-corrected chi connectivity index (χ0v) is 15.6. The summed E-state index contributed by atoms with van der Waals surface area (Å²) in [6.07, 6.45) is 1.73. The second-order valence-corrected chi connectivity index (χ2v) is 7.17. The number of para-hydroxylation sites is 2. The maximum absolute atomic E-state index is 12.6. The van der Waals surface area contributed by atoms with Crippen molar-refractivity contribution in [2.45, 2.75) is 6.54 Å². The average Bonchev–Trinajstić information content (AvgIpc) is 3.13. The number of thiazole rings is 1. The lowest BCUT2D eigenvalue weighted by Gasteiger charge is -2.18. The Hall–Kier alpha value is -3.25. The molecule has 0 aliphatic rings. The van der Waals surface area contributed by atoms with Crippen molar-refractivity contribution in [2.24, 2.45) is 0 Å². The quantitative estimate of drug-likeness (QED) is 0.545. The molecular weight excluding hydrogens is 356 g/mol. The number of nitrogens with one attached hydrogen (secondary N) is 1. The number of nitrogens with zero attached hydrogens (tertiary/aromatic N) is 3. The van der Waals surface area contributed by atoms with E-state index in [2.05, 4.69) is 16.4 Å². The predicted octanol–water partition coefficient (Wildman–Crippen LogP) is 5.02. The van der Waals surface area contributed by atoms with Gasteiger partial charge in [0, 0.05) is 18.8 Å². The van der Waals surface area contributed by atoms with Crippen LogP contribution in [0.5, 0.6) is 0 Å². The highest BCUT2D eigenvalue weighted by Crippen LogP contribution is 2.34. The number of urea groups is 1. The Bertz CT molecular complexity index is 1040. The number of anilines is 1. The lowest BCUT2D eigenvalue weighted by Crippen LogP contribution is -2.31. The van der Waals surface area contributed by atoms with Gasteiger partial charge in [0.15, 0.2) is 0 Å². The number of amides is 2. The molecule has 6 heteroatoms. The van der Waals surface area contributed by atoms with Crippen molar-refractivity contribution in [2.75, 3.05) is 12.4 Å². The molecule has 0 atom stereocenters. The minimum Gasteiger partial charge on any atom is -0.322 e. The maximum Gasteiger partial charge on any atom is 0.321 e. The minimum atomic E-state index is -0.186. The van der Waals surface area contributed by atoms with Crippen molar-refractivity contribution >= 4 is 33.3 Å². The van der Waals surface area contributed by atoms with Gasteiger partial charge in [0.05, 0.1) is 28.1 Å². The molecule has 2 amide bonds. The predicted molar refractivity (Wildman–Crippen MR) is 110 cm³/mol. The molecule has 0 saturated carbocycles. The number of rotatable bonds is 4. The van der Waals surface area contributed by atoms with E-state index in [4.69, 9.17) is 4.98 Å². The lowest BCUT2D eigenvalue weighted by atomic mass is 10.2. The number of hydrogen-bond donors (Lipinski definition) is 1. The highest BCUT2D eigenvalue weighted by Gasteiger charge is 2.15. The molecule has 27 heavy (non-hydrogen) atoms. The Kier molecular flexibility index (Phi) is 4.80. The van der Waals surface area contributed by atoms with E-state index < -0.39 is 0 Å². The molecule has 1 N–H and O–H groups in total. The molecule has 2 heterocycles. The monoisotopic (exact) mass is 374 g/mol. The van der Waals surface area contributed by atoms with Gasteiger partial charge in [0.2, 0.25) is 0 Å². The number of carbonyl (C=O) groups excluding carboxylic acids is 1. The Labute approximate surface area is 161 Å². The molecule has 0 radical (unpaired) electrons. The van der Waals surface area contributed by atoms with Crippen LogP contribution in [-0.2, 0) is 6.54 Å². The van der Waals surface area contributed by atoms with Crippen LogP contribution < -0.4 is 5.32 Å². The second kappa shape index (κ2) is 7.55. The molecule has 5 nitrogen and oxygen atoms in total. The zero-order chi connectivity index (χ0) is 18.6. The van der Waals surface area contributed by atoms with Crippen LogP contribution in [-0.4, -0.2) is 27.9 Å². The third-order valence-corrected chi connectivity index (χ3v) is 5.23. The van der Waals surface area contributed by atoms with Crippen LogP contribution in [0.1, 0.15) is 5.69 Å².